The van der Waals surface area contributed by atoms with Gasteiger partial charge in [0.25, 0.3) is 0 Å². The molecular formula is C17H32BrN5. The number of guanidine groups is 1. The van der Waals surface area contributed by atoms with E-state index in [-0.39, 0.29) is 0 Å². The first-order chi connectivity index (χ1) is 11.0. The number of aryl methyl sites for hydroxylation is 1. The van der Waals surface area contributed by atoms with E-state index in [9.17, 15) is 0 Å². The lowest BCUT2D eigenvalue weighted by molar-refractivity contribution is 0.297. The lowest BCUT2D eigenvalue weighted by Crippen LogP contribution is -2.39. The van der Waals surface area contributed by atoms with E-state index in [0.717, 1.165) is 36.6 Å². The van der Waals surface area contributed by atoms with Gasteiger partial charge in [0.05, 0.1) is 6.54 Å². The third-order valence-electron chi connectivity index (χ3n) is 4.13. The third kappa shape index (κ3) is 6.96. The zero-order chi connectivity index (χ0) is 17.2. The predicted molar refractivity (Wildman–Crippen MR) is 103 cm³/mol. The molecule has 0 aliphatic rings. The van der Waals surface area contributed by atoms with Gasteiger partial charge in [0.1, 0.15) is 0 Å². The van der Waals surface area contributed by atoms with Crippen molar-refractivity contribution in [2.45, 2.75) is 33.2 Å². The Morgan fingerprint density at radius 2 is 2.00 bits per heavy atom. The summed E-state index contributed by atoms with van der Waals surface area (Å²) in [4.78, 5) is 9.01. The largest absolute Gasteiger partial charge is 0.356 e. The molecule has 0 spiro atoms. The van der Waals surface area contributed by atoms with Crippen molar-refractivity contribution >= 4 is 21.9 Å². The summed E-state index contributed by atoms with van der Waals surface area (Å²) >= 11 is 3.52. The first kappa shape index (κ1) is 20.0. The van der Waals surface area contributed by atoms with Crippen molar-refractivity contribution in [3.05, 3.63) is 22.4 Å². The number of hydrogen-bond acceptors (Lipinski definition) is 2. The van der Waals surface area contributed by atoms with Crippen LogP contribution in [0.25, 0.3) is 0 Å². The van der Waals surface area contributed by atoms with Gasteiger partial charge in [-0.25, -0.2) is 0 Å². The quantitative estimate of drug-likeness (QED) is 0.403. The summed E-state index contributed by atoms with van der Waals surface area (Å²) in [7, 11) is 5.99. The van der Waals surface area contributed by atoms with Crippen LogP contribution in [-0.4, -0.2) is 60.6 Å². The zero-order valence-corrected chi connectivity index (χ0v) is 16.9. The highest BCUT2D eigenvalue weighted by Gasteiger charge is 2.09. The first-order valence-corrected chi connectivity index (χ1v) is 9.25. The van der Waals surface area contributed by atoms with Crippen LogP contribution in [0.5, 0.6) is 0 Å². The van der Waals surface area contributed by atoms with Crippen LogP contribution in [0.3, 0.4) is 0 Å². The molecule has 0 aliphatic heterocycles. The topological polar surface area (TPSA) is 35.8 Å². The van der Waals surface area contributed by atoms with Gasteiger partial charge in [-0.3, -0.25) is 4.99 Å². The first-order valence-electron chi connectivity index (χ1n) is 8.46. The van der Waals surface area contributed by atoms with Crippen molar-refractivity contribution in [2.24, 2.45) is 12.0 Å². The molecule has 1 N–H and O–H groups in total. The number of rotatable bonds is 9. The highest BCUT2D eigenvalue weighted by molar-refractivity contribution is 9.10. The Balaban J connectivity index is 2.34. The van der Waals surface area contributed by atoms with E-state index in [1.54, 1.807) is 0 Å². The average molecular weight is 386 g/mol. The van der Waals surface area contributed by atoms with Crippen LogP contribution < -0.4 is 5.32 Å². The number of hydrogen-bond donors (Lipinski definition) is 1. The molecule has 5 nitrogen and oxygen atoms in total. The van der Waals surface area contributed by atoms with Gasteiger partial charge in [-0.2, -0.15) is 0 Å². The maximum Gasteiger partial charge on any atom is 0.193 e. The number of nitrogens with zero attached hydrogens (tertiary/aromatic N) is 4. The van der Waals surface area contributed by atoms with Crippen molar-refractivity contribution in [3.8, 4) is 0 Å². The maximum absolute atomic E-state index is 4.39. The normalized spacial score (nSPS) is 12.0. The summed E-state index contributed by atoms with van der Waals surface area (Å²) in [5, 5.41) is 3.46. The molecule has 23 heavy (non-hydrogen) atoms. The number of unbranched alkanes of at least 4 members (excludes halogenated alkanes) is 1. The molecule has 0 aliphatic carbocycles. The minimum absolute atomic E-state index is 0.835. The van der Waals surface area contributed by atoms with E-state index >= 15 is 0 Å². The van der Waals surface area contributed by atoms with Gasteiger partial charge in [-0.15, -0.1) is 0 Å². The smallest absolute Gasteiger partial charge is 0.193 e. The van der Waals surface area contributed by atoms with Crippen molar-refractivity contribution in [3.63, 3.8) is 0 Å². The molecular weight excluding hydrogens is 354 g/mol. The number of aliphatic imine (C=N–C) groups is 1. The number of nitrogens with one attached hydrogen (secondary N) is 1. The van der Waals surface area contributed by atoms with Crippen LogP contribution >= 0.6 is 15.9 Å². The molecule has 0 radical (unpaired) electrons. The Kier molecular flexibility index (Phi) is 9.33. The second kappa shape index (κ2) is 10.7. The highest BCUT2D eigenvalue weighted by atomic mass is 79.9. The minimum atomic E-state index is 0.835. The molecule has 1 aromatic rings. The number of aromatic nitrogens is 1. The lowest BCUT2D eigenvalue weighted by Gasteiger charge is -2.23. The summed E-state index contributed by atoms with van der Waals surface area (Å²) in [6.45, 7) is 9.71. The molecule has 1 heterocycles. The van der Waals surface area contributed by atoms with E-state index in [1.165, 1.54) is 25.1 Å². The standard InChI is InChI=1S/C17H32BrN5/c1-6-23(7-2)11-9-8-10-20-17(19-3)22(5)14-16-12-15(18)13-21(16)4/h12-13H,6-11,14H2,1-5H3,(H,19,20). The average Bonchev–Trinajstić information content (AvgIpc) is 2.84. The summed E-state index contributed by atoms with van der Waals surface area (Å²) in [6.07, 6.45) is 4.46. The molecule has 1 rings (SSSR count). The van der Waals surface area contributed by atoms with Crippen LogP contribution in [-0.2, 0) is 13.6 Å². The summed E-state index contributed by atoms with van der Waals surface area (Å²) in [5.41, 5.74) is 1.25. The third-order valence-corrected chi connectivity index (χ3v) is 4.56. The molecule has 0 aromatic carbocycles. The Morgan fingerprint density at radius 1 is 1.30 bits per heavy atom. The molecule has 132 valence electrons. The fraction of sp³-hybridized carbons (Fsp3) is 0.706. The van der Waals surface area contributed by atoms with Gasteiger partial charge in [0.15, 0.2) is 5.96 Å². The molecule has 0 saturated heterocycles. The van der Waals surface area contributed by atoms with Crippen molar-refractivity contribution in [2.75, 3.05) is 40.3 Å². The van der Waals surface area contributed by atoms with E-state index in [4.69, 9.17) is 0 Å². The summed E-state index contributed by atoms with van der Waals surface area (Å²) < 4.78 is 3.25. The molecule has 0 unspecified atom stereocenters. The van der Waals surface area contributed by atoms with Gasteiger partial charge in [0, 0.05) is 44.1 Å². The molecule has 1 aromatic heterocycles. The van der Waals surface area contributed by atoms with Gasteiger partial charge < -0.3 is 19.7 Å². The molecule has 0 amide bonds. The van der Waals surface area contributed by atoms with E-state index in [2.05, 4.69) is 80.8 Å². The lowest BCUT2D eigenvalue weighted by atomic mass is 10.3. The monoisotopic (exact) mass is 385 g/mol. The van der Waals surface area contributed by atoms with Crippen LogP contribution in [0.15, 0.2) is 21.7 Å². The Bertz CT molecular complexity index is 479. The van der Waals surface area contributed by atoms with Crippen LogP contribution in [0.2, 0.25) is 0 Å². The van der Waals surface area contributed by atoms with Crippen LogP contribution in [0.4, 0.5) is 0 Å². The van der Waals surface area contributed by atoms with Crippen molar-refractivity contribution in [1.82, 2.24) is 19.7 Å². The fourth-order valence-electron chi connectivity index (χ4n) is 2.63. The summed E-state index contributed by atoms with van der Waals surface area (Å²) in [5.74, 6) is 0.949. The fourth-order valence-corrected chi connectivity index (χ4v) is 3.20. The molecule has 6 heteroatoms. The van der Waals surface area contributed by atoms with Gasteiger partial charge in [-0.1, -0.05) is 13.8 Å². The highest BCUT2D eigenvalue weighted by Crippen LogP contribution is 2.14. The van der Waals surface area contributed by atoms with E-state index in [1.807, 2.05) is 7.05 Å². The molecule has 0 fully saturated rings. The van der Waals surface area contributed by atoms with Gasteiger partial charge in [-0.05, 0) is 54.5 Å². The van der Waals surface area contributed by atoms with Gasteiger partial charge >= 0.3 is 0 Å². The minimum Gasteiger partial charge on any atom is -0.356 e. The Morgan fingerprint density at radius 3 is 2.52 bits per heavy atom. The second-order valence-electron chi connectivity index (χ2n) is 5.82. The number of halogens is 1. The SMILES string of the molecule is CCN(CC)CCCCNC(=NC)N(C)Cc1cc(Br)cn1C. The van der Waals surface area contributed by atoms with Crippen LogP contribution in [0, 0.1) is 0 Å². The van der Waals surface area contributed by atoms with Crippen LogP contribution in [0.1, 0.15) is 32.4 Å². The van der Waals surface area contributed by atoms with Gasteiger partial charge in [0.2, 0.25) is 0 Å². The zero-order valence-electron chi connectivity index (χ0n) is 15.3. The molecule has 0 bridgehead atoms. The predicted octanol–water partition coefficient (Wildman–Crippen LogP) is 2.92. The summed E-state index contributed by atoms with van der Waals surface area (Å²) in [6, 6.07) is 2.15. The van der Waals surface area contributed by atoms with Crippen molar-refractivity contribution < 1.29 is 0 Å². The Labute approximate surface area is 149 Å². The van der Waals surface area contributed by atoms with E-state index < -0.39 is 0 Å². The van der Waals surface area contributed by atoms with Crippen molar-refractivity contribution in [1.29, 1.82) is 0 Å². The molecule has 0 saturated carbocycles. The van der Waals surface area contributed by atoms with E-state index in [0.29, 0.717) is 0 Å². The maximum atomic E-state index is 4.39. The second-order valence-corrected chi connectivity index (χ2v) is 6.74. The molecule has 0 atom stereocenters. The Hall–Kier alpha value is -1.01.